The van der Waals surface area contributed by atoms with E-state index in [1.165, 1.54) is 0 Å². The number of rotatable bonds is 1. The zero-order chi connectivity index (χ0) is 5.98. The number of imidazole rings is 1. The predicted octanol–water partition coefficient (Wildman–Crippen LogP) is 0.509. The molecule has 0 amide bonds. The zero-order valence-electron chi connectivity index (χ0n) is 4.71. The van der Waals surface area contributed by atoms with Crippen LogP contribution in [0, 0.1) is 0 Å². The molecule has 0 aliphatic carbocycles. The number of hydrogen-bond acceptors (Lipinski definition) is 0. The molecule has 0 radical (unpaired) electrons. The Balaban J connectivity index is 2.84. The van der Waals surface area contributed by atoms with Crippen LogP contribution in [0.25, 0.3) is 0 Å². The van der Waals surface area contributed by atoms with E-state index in [9.17, 15) is 0 Å². The SMILES string of the molecule is C[n+]1ccn(CCl)c1. The lowest BCUT2D eigenvalue weighted by atomic mass is 10.9. The Labute approximate surface area is 53.3 Å². The van der Waals surface area contributed by atoms with Gasteiger partial charge in [-0.15, -0.1) is 0 Å². The second kappa shape index (κ2) is 2.18. The monoisotopic (exact) mass is 131 g/mol. The predicted molar refractivity (Wildman–Crippen MR) is 31.5 cm³/mol. The molecule has 8 heavy (non-hydrogen) atoms. The van der Waals surface area contributed by atoms with Crippen LogP contribution in [0.4, 0.5) is 0 Å². The lowest BCUT2D eigenvalue weighted by molar-refractivity contribution is -0.670. The lowest BCUT2D eigenvalue weighted by Gasteiger charge is -1.79. The molecule has 1 heterocycles. The maximum Gasteiger partial charge on any atom is 0.244 e. The molecular weight excluding hydrogens is 124 g/mol. The van der Waals surface area contributed by atoms with Gasteiger partial charge in [0.2, 0.25) is 6.33 Å². The summed E-state index contributed by atoms with van der Waals surface area (Å²) in [6, 6.07) is 0.529. The quantitative estimate of drug-likeness (QED) is 0.388. The fourth-order valence-corrected chi connectivity index (χ4v) is 0.714. The van der Waals surface area contributed by atoms with Crippen LogP contribution in [0.3, 0.4) is 0 Å². The van der Waals surface area contributed by atoms with Gasteiger partial charge in [-0.1, -0.05) is 11.6 Å². The fourth-order valence-electron chi connectivity index (χ4n) is 0.572. The molecule has 0 spiro atoms. The molecule has 0 bridgehead atoms. The van der Waals surface area contributed by atoms with Crippen LogP contribution in [-0.2, 0) is 13.1 Å². The summed E-state index contributed by atoms with van der Waals surface area (Å²) in [5, 5.41) is 0. The lowest BCUT2D eigenvalue weighted by Crippen LogP contribution is -2.23. The van der Waals surface area contributed by atoms with Gasteiger partial charge in [-0.25, -0.2) is 9.13 Å². The van der Waals surface area contributed by atoms with Crippen LogP contribution < -0.4 is 4.57 Å². The Kier molecular flexibility index (Phi) is 1.53. The molecule has 0 unspecified atom stereocenters. The van der Waals surface area contributed by atoms with E-state index in [2.05, 4.69) is 0 Å². The third-order valence-corrected chi connectivity index (χ3v) is 1.24. The van der Waals surface area contributed by atoms with Crippen molar-refractivity contribution in [3.8, 4) is 0 Å². The summed E-state index contributed by atoms with van der Waals surface area (Å²) in [4.78, 5) is 0. The van der Waals surface area contributed by atoms with E-state index < -0.39 is 0 Å². The van der Waals surface area contributed by atoms with Gasteiger partial charge in [0.1, 0.15) is 12.4 Å². The number of aromatic nitrogens is 2. The Hall–Kier alpha value is -0.500. The highest BCUT2D eigenvalue weighted by Crippen LogP contribution is 1.84. The van der Waals surface area contributed by atoms with Crippen LogP contribution in [0.15, 0.2) is 18.7 Å². The molecule has 0 aliphatic heterocycles. The summed E-state index contributed by atoms with van der Waals surface area (Å²) in [5.74, 6) is 0. The summed E-state index contributed by atoms with van der Waals surface area (Å²) in [6.45, 7) is 0. The van der Waals surface area contributed by atoms with Crippen molar-refractivity contribution in [2.24, 2.45) is 7.05 Å². The van der Waals surface area contributed by atoms with Crippen LogP contribution in [0.2, 0.25) is 0 Å². The highest BCUT2D eigenvalue weighted by molar-refractivity contribution is 6.15. The number of aryl methyl sites for hydroxylation is 1. The molecule has 0 N–H and O–H groups in total. The molecule has 3 heteroatoms. The summed E-state index contributed by atoms with van der Waals surface area (Å²) < 4.78 is 3.84. The van der Waals surface area contributed by atoms with E-state index in [0.717, 1.165) is 0 Å². The Morgan fingerprint density at radius 3 is 2.75 bits per heavy atom. The Morgan fingerprint density at radius 2 is 2.50 bits per heavy atom. The molecule has 2 nitrogen and oxygen atoms in total. The van der Waals surface area contributed by atoms with Gasteiger partial charge in [-0.3, -0.25) is 0 Å². The zero-order valence-corrected chi connectivity index (χ0v) is 5.47. The van der Waals surface area contributed by atoms with Crippen LogP contribution >= 0.6 is 11.6 Å². The van der Waals surface area contributed by atoms with E-state index in [1.807, 2.05) is 34.9 Å². The first-order chi connectivity index (χ1) is 3.83. The molecule has 1 aromatic heterocycles. The van der Waals surface area contributed by atoms with Gasteiger partial charge in [0, 0.05) is 0 Å². The fraction of sp³-hybridized carbons (Fsp3) is 0.400. The molecule has 0 saturated heterocycles. The van der Waals surface area contributed by atoms with Crippen molar-refractivity contribution in [3.05, 3.63) is 18.7 Å². The van der Waals surface area contributed by atoms with Crippen LogP contribution in [0.1, 0.15) is 0 Å². The maximum atomic E-state index is 5.49. The van der Waals surface area contributed by atoms with Crippen molar-refractivity contribution in [3.63, 3.8) is 0 Å². The summed E-state index contributed by atoms with van der Waals surface area (Å²) in [6.07, 6.45) is 5.79. The average Bonchev–Trinajstić information content (AvgIpc) is 2.14. The number of halogens is 1. The number of nitrogens with zero attached hydrogens (tertiary/aromatic N) is 2. The summed E-state index contributed by atoms with van der Waals surface area (Å²) >= 11 is 5.49. The minimum absolute atomic E-state index is 0.529. The van der Waals surface area contributed by atoms with Crippen LogP contribution in [-0.4, -0.2) is 4.57 Å². The van der Waals surface area contributed by atoms with Crippen molar-refractivity contribution in [2.75, 3.05) is 0 Å². The van der Waals surface area contributed by atoms with Gasteiger partial charge in [0.25, 0.3) is 0 Å². The van der Waals surface area contributed by atoms with E-state index in [0.29, 0.717) is 6.00 Å². The second-order valence-electron chi connectivity index (χ2n) is 1.71. The largest absolute Gasteiger partial charge is 0.244 e. The Bertz CT molecular complexity index is 171. The smallest absolute Gasteiger partial charge is 0.240 e. The molecule has 0 saturated carbocycles. The number of alkyl halides is 1. The van der Waals surface area contributed by atoms with Gasteiger partial charge in [-0.2, -0.15) is 0 Å². The minimum Gasteiger partial charge on any atom is -0.240 e. The molecular formula is C5H8ClN2+. The highest BCUT2D eigenvalue weighted by Gasteiger charge is 1.93. The molecule has 44 valence electrons. The van der Waals surface area contributed by atoms with E-state index >= 15 is 0 Å². The third kappa shape index (κ3) is 1.01. The van der Waals surface area contributed by atoms with E-state index in [4.69, 9.17) is 11.6 Å². The third-order valence-electron chi connectivity index (χ3n) is 0.962. The normalized spacial score (nSPS) is 9.75. The molecule has 0 atom stereocenters. The van der Waals surface area contributed by atoms with E-state index in [-0.39, 0.29) is 0 Å². The minimum atomic E-state index is 0.529. The first-order valence-electron chi connectivity index (χ1n) is 2.40. The Morgan fingerprint density at radius 1 is 1.75 bits per heavy atom. The molecule has 1 rings (SSSR count). The van der Waals surface area contributed by atoms with Gasteiger partial charge in [0.05, 0.1) is 7.05 Å². The standard InChI is InChI=1S/C5H8ClN2/c1-7-2-3-8(4-6)5-7/h2-3,5H,4H2,1H3/q+1. The second-order valence-corrected chi connectivity index (χ2v) is 1.95. The molecule has 1 aromatic rings. The summed E-state index contributed by atoms with van der Waals surface area (Å²) in [5.41, 5.74) is 0. The maximum absolute atomic E-state index is 5.49. The first-order valence-corrected chi connectivity index (χ1v) is 2.93. The van der Waals surface area contributed by atoms with Crippen molar-refractivity contribution in [1.29, 1.82) is 0 Å². The van der Waals surface area contributed by atoms with Gasteiger partial charge in [0.15, 0.2) is 6.00 Å². The topological polar surface area (TPSA) is 8.81 Å². The summed E-state index contributed by atoms with van der Waals surface area (Å²) in [7, 11) is 1.96. The average molecular weight is 132 g/mol. The van der Waals surface area contributed by atoms with Crippen LogP contribution in [0.5, 0.6) is 0 Å². The van der Waals surface area contributed by atoms with Gasteiger partial charge < -0.3 is 0 Å². The first kappa shape index (κ1) is 5.63. The van der Waals surface area contributed by atoms with Gasteiger partial charge in [-0.05, 0) is 0 Å². The number of hydrogen-bond donors (Lipinski definition) is 0. The van der Waals surface area contributed by atoms with Crippen molar-refractivity contribution < 1.29 is 4.57 Å². The van der Waals surface area contributed by atoms with E-state index in [1.54, 1.807) is 0 Å². The van der Waals surface area contributed by atoms with Crippen molar-refractivity contribution in [1.82, 2.24) is 4.57 Å². The van der Waals surface area contributed by atoms with Gasteiger partial charge >= 0.3 is 0 Å². The van der Waals surface area contributed by atoms with Crippen molar-refractivity contribution >= 4 is 11.6 Å². The molecule has 0 aromatic carbocycles. The molecule has 0 fully saturated rings. The molecule has 0 aliphatic rings. The van der Waals surface area contributed by atoms with Crippen molar-refractivity contribution in [2.45, 2.75) is 6.00 Å². The highest BCUT2D eigenvalue weighted by atomic mass is 35.5.